The Morgan fingerprint density at radius 2 is 2.31 bits per heavy atom. The lowest BCUT2D eigenvalue weighted by Gasteiger charge is -2.17. The summed E-state index contributed by atoms with van der Waals surface area (Å²) < 4.78 is 0. The Kier molecular flexibility index (Phi) is 2.90. The predicted molar refractivity (Wildman–Crippen MR) is 47.2 cm³/mol. The fraction of sp³-hybridized carbons (Fsp3) is 0.778. The van der Waals surface area contributed by atoms with Crippen LogP contribution in [-0.2, 0) is 9.59 Å². The second-order valence-corrected chi connectivity index (χ2v) is 3.93. The number of carbonyl (C=O) groups excluding carboxylic acids is 1. The van der Waals surface area contributed by atoms with E-state index in [1.807, 2.05) is 13.8 Å². The average Bonchev–Trinajstić information content (AvgIpc) is 2.31. The lowest BCUT2D eigenvalue weighted by Crippen LogP contribution is -2.29. The standard InChI is InChI=1S/C9H15NO3/c1-6(2)4-10-5-7(9(12)13)3-8(10)11/h6-7H,3-5H2,1-2H3,(H,12,13)/t7-/m0/s1. The summed E-state index contributed by atoms with van der Waals surface area (Å²) in [6.45, 7) is 5.08. The Bertz CT molecular complexity index is 225. The summed E-state index contributed by atoms with van der Waals surface area (Å²) in [5, 5.41) is 8.70. The van der Waals surface area contributed by atoms with Gasteiger partial charge in [0.25, 0.3) is 0 Å². The molecule has 1 saturated heterocycles. The number of hydrogen-bond acceptors (Lipinski definition) is 2. The second-order valence-electron chi connectivity index (χ2n) is 3.93. The lowest BCUT2D eigenvalue weighted by molar-refractivity contribution is -0.141. The maximum Gasteiger partial charge on any atom is 0.308 e. The number of carbonyl (C=O) groups is 2. The quantitative estimate of drug-likeness (QED) is 0.699. The number of rotatable bonds is 3. The first-order chi connectivity index (χ1) is 6.00. The molecule has 1 rings (SSSR count). The zero-order chi connectivity index (χ0) is 10.0. The highest BCUT2D eigenvalue weighted by atomic mass is 16.4. The molecule has 1 aliphatic rings. The zero-order valence-electron chi connectivity index (χ0n) is 7.99. The summed E-state index contributed by atoms with van der Waals surface area (Å²) >= 11 is 0. The molecule has 1 fully saturated rings. The molecule has 0 aliphatic carbocycles. The molecule has 0 unspecified atom stereocenters. The van der Waals surface area contributed by atoms with Gasteiger partial charge in [-0.05, 0) is 5.92 Å². The van der Waals surface area contributed by atoms with Crippen molar-refractivity contribution in [1.82, 2.24) is 4.90 Å². The molecule has 0 bridgehead atoms. The highest BCUT2D eigenvalue weighted by molar-refractivity contribution is 5.86. The van der Waals surface area contributed by atoms with Crippen LogP contribution in [0.2, 0.25) is 0 Å². The van der Waals surface area contributed by atoms with E-state index in [2.05, 4.69) is 0 Å². The first kappa shape index (κ1) is 10.0. The molecule has 0 aromatic carbocycles. The minimum absolute atomic E-state index is 0.0268. The number of aliphatic carboxylic acids is 1. The first-order valence-electron chi connectivity index (χ1n) is 4.51. The van der Waals surface area contributed by atoms with Crippen molar-refractivity contribution in [2.24, 2.45) is 11.8 Å². The summed E-state index contributed by atoms with van der Waals surface area (Å²) in [4.78, 5) is 23.5. The van der Waals surface area contributed by atoms with Crippen LogP contribution in [0.1, 0.15) is 20.3 Å². The third-order valence-corrected chi connectivity index (χ3v) is 2.15. The Hall–Kier alpha value is -1.06. The smallest absolute Gasteiger partial charge is 0.308 e. The molecule has 0 aromatic rings. The molecule has 0 spiro atoms. The van der Waals surface area contributed by atoms with Crippen LogP contribution >= 0.6 is 0 Å². The minimum atomic E-state index is -0.861. The van der Waals surface area contributed by atoms with Crippen molar-refractivity contribution in [2.75, 3.05) is 13.1 Å². The third-order valence-electron chi connectivity index (χ3n) is 2.15. The van der Waals surface area contributed by atoms with E-state index in [4.69, 9.17) is 5.11 Å². The van der Waals surface area contributed by atoms with E-state index in [-0.39, 0.29) is 12.3 Å². The van der Waals surface area contributed by atoms with E-state index in [1.54, 1.807) is 4.90 Å². The number of carboxylic acids is 1. The average molecular weight is 185 g/mol. The lowest BCUT2D eigenvalue weighted by atomic mass is 10.1. The van der Waals surface area contributed by atoms with E-state index < -0.39 is 11.9 Å². The fourth-order valence-electron chi connectivity index (χ4n) is 1.55. The van der Waals surface area contributed by atoms with Gasteiger partial charge in [-0.3, -0.25) is 9.59 Å². The van der Waals surface area contributed by atoms with Crippen molar-refractivity contribution in [3.63, 3.8) is 0 Å². The summed E-state index contributed by atoms with van der Waals surface area (Å²) in [5.41, 5.74) is 0. The number of amides is 1. The normalized spacial score (nSPS) is 22.8. The van der Waals surface area contributed by atoms with Gasteiger partial charge in [-0.2, -0.15) is 0 Å². The first-order valence-corrected chi connectivity index (χ1v) is 4.51. The van der Waals surface area contributed by atoms with Crippen molar-refractivity contribution in [3.05, 3.63) is 0 Å². The van der Waals surface area contributed by atoms with Gasteiger partial charge in [-0.25, -0.2) is 0 Å². The molecule has 4 heteroatoms. The van der Waals surface area contributed by atoms with Crippen molar-refractivity contribution in [2.45, 2.75) is 20.3 Å². The topological polar surface area (TPSA) is 57.6 Å². The van der Waals surface area contributed by atoms with Crippen molar-refractivity contribution < 1.29 is 14.7 Å². The second kappa shape index (κ2) is 3.77. The molecular formula is C9H15NO3. The number of likely N-dealkylation sites (tertiary alicyclic amines) is 1. The van der Waals surface area contributed by atoms with Crippen LogP contribution in [0.4, 0.5) is 0 Å². The molecule has 74 valence electrons. The number of nitrogens with zero attached hydrogens (tertiary/aromatic N) is 1. The van der Waals surface area contributed by atoms with E-state index in [0.29, 0.717) is 19.0 Å². The van der Waals surface area contributed by atoms with Gasteiger partial charge in [0.1, 0.15) is 0 Å². The van der Waals surface area contributed by atoms with Crippen molar-refractivity contribution in [3.8, 4) is 0 Å². The van der Waals surface area contributed by atoms with E-state index in [1.165, 1.54) is 0 Å². The van der Waals surface area contributed by atoms with Crippen molar-refractivity contribution >= 4 is 11.9 Å². The Morgan fingerprint density at radius 1 is 1.69 bits per heavy atom. The molecule has 1 N–H and O–H groups in total. The van der Waals surface area contributed by atoms with Gasteiger partial charge in [0.2, 0.25) is 5.91 Å². The van der Waals surface area contributed by atoms with E-state index >= 15 is 0 Å². The van der Waals surface area contributed by atoms with Gasteiger partial charge in [0.05, 0.1) is 5.92 Å². The molecule has 0 saturated carbocycles. The summed E-state index contributed by atoms with van der Waals surface area (Å²) in [6, 6.07) is 0. The largest absolute Gasteiger partial charge is 0.481 e. The molecule has 0 radical (unpaired) electrons. The molecule has 1 aliphatic heterocycles. The van der Waals surface area contributed by atoms with Crippen LogP contribution in [0, 0.1) is 11.8 Å². The predicted octanol–water partition coefficient (Wildman–Crippen LogP) is 0.575. The number of hydrogen-bond donors (Lipinski definition) is 1. The van der Waals surface area contributed by atoms with Crippen LogP contribution < -0.4 is 0 Å². The van der Waals surface area contributed by atoms with Gasteiger partial charge in [0, 0.05) is 19.5 Å². The molecule has 1 heterocycles. The SMILES string of the molecule is CC(C)CN1C[C@@H](C(=O)O)CC1=O. The van der Waals surface area contributed by atoms with Crippen LogP contribution in [0.5, 0.6) is 0 Å². The van der Waals surface area contributed by atoms with Crippen LogP contribution in [-0.4, -0.2) is 35.0 Å². The van der Waals surface area contributed by atoms with Crippen LogP contribution in [0.25, 0.3) is 0 Å². The summed E-state index contributed by atoms with van der Waals surface area (Å²) in [6.07, 6.45) is 0.169. The minimum Gasteiger partial charge on any atom is -0.481 e. The monoisotopic (exact) mass is 185 g/mol. The summed E-state index contributed by atoms with van der Waals surface area (Å²) in [7, 11) is 0. The Morgan fingerprint density at radius 3 is 2.69 bits per heavy atom. The third kappa shape index (κ3) is 2.44. The van der Waals surface area contributed by atoms with Crippen molar-refractivity contribution in [1.29, 1.82) is 0 Å². The van der Waals surface area contributed by atoms with Gasteiger partial charge >= 0.3 is 5.97 Å². The summed E-state index contributed by atoms with van der Waals surface area (Å²) in [5.74, 6) is -0.983. The fourth-order valence-corrected chi connectivity index (χ4v) is 1.55. The van der Waals surface area contributed by atoms with Gasteiger partial charge < -0.3 is 10.0 Å². The maximum atomic E-state index is 11.3. The van der Waals surface area contributed by atoms with Gasteiger partial charge in [-0.1, -0.05) is 13.8 Å². The van der Waals surface area contributed by atoms with Crippen LogP contribution in [0.3, 0.4) is 0 Å². The highest BCUT2D eigenvalue weighted by Crippen LogP contribution is 2.18. The molecular weight excluding hydrogens is 170 g/mol. The maximum absolute atomic E-state index is 11.3. The van der Waals surface area contributed by atoms with E-state index in [0.717, 1.165) is 0 Å². The molecule has 0 aromatic heterocycles. The molecule has 1 atom stereocenters. The van der Waals surface area contributed by atoms with E-state index in [9.17, 15) is 9.59 Å². The molecule has 13 heavy (non-hydrogen) atoms. The molecule has 4 nitrogen and oxygen atoms in total. The Labute approximate surface area is 77.5 Å². The van der Waals surface area contributed by atoms with Gasteiger partial charge in [-0.15, -0.1) is 0 Å². The number of carboxylic acid groups (broad SMARTS) is 1. The Balaban J connectivity index is 2.51. The van der Waals surface area contributed by atoms with Crippen LogP contribution in [0.15, 0.2) is 0 Å². The van der Waals surface area contributed by atoms with Gasteiger partial charge in [0.15, 0.2) is 0 Å². The highest BCUT2D eigenvalue weighted by Gasteiger charge is 2.34. The molecule has 1 amide bonds. The zero-order valence-corrected chi connectivity index (χ0v) is 7.99.